The summed E-state index contributed by atoms with van der Waals surface area (Å²) in [5, 5.41) is 9.21. The van der Waals surface area contributed by atoms with Crippen molar-refractivity contribution in [3.05, 3.63) is 16.2 Å². The molecule has 1 aromatic rings. The highest BCUT2D eigenvalue weighted by atomic mass is 35.5. The van der Waals surface area contributed by atoms with E-state index in [4.69, 9.17) is 34.0 Å². The third-order valence-electron chi connectivity index (χ3n) is 0.977. The van der Waals surface area contributed by atoms with Crippen molar-refractivity contribution in [1.29, 1.82) is 0 Å². The Hall–Kier alpha value is -0.670. The van der Waals surface area contributed by atoms with Crippen LogP contribution in [-0.2, 0) is 0 Å². The van der Waals surface area contributed by atoms with Crippen molar-refractivity contribution in [1.82, 2.24) is 4.98 Å². The topological polar surface area (TPSA) is 59.1 Å². The molecule has 0 radical (unpaired) electrons. The monoisotopic (exact) mass is 178 g/mol. The van der Waals surface area contributed by atoms with Gasteiger partial charge in [0.25, 0.3) is 0 Å². The summed E-state index contributed by atoms with van der Waals surface area (Å²) in [6.45, 7) is 0. The lowest BCUT2D eigenvalue weighted by Crippen LogP contribution is -1.90. The van der Waals surface area contributed by atoms with Gasteiger partial charge in [0, 0.05) is 6.20 Å². The molecule has 10 heavy (non-hydrogen) atoms. The van der Waals surface area contributed by atoms with Gasteiger partial charge in [0.1, 0.15) is 5.02 Å². The van der Waals surface area contributed by atoms with Crippen LogP contribution < -0.4 is 5.73 Å². The number of rotatable bonds is 0. The van der Waals surface area contributed by atoms with Gasteiger partial charge in [-0.1, -0.05) is 23.2 Å². The van der Waals surface area contributed by atoms with Crippen molar-refractivity contribution in [2.75, 3.05) is 5.73 Å². The predicted octanol–water partition coefficient (Wildman–Crippen LogP) is 1.68. The molecule has 54 valence electrons. The molecular formula is C5H4Cl2N2O. The molecule has 1 rings (SSSR count). The van der Waals surface area contributed by atoms with Crippen molar-refractivity contribution in [2.45, 2.75) is 0 Å². The SMILES string of the molecule is Nc1ncc(Cl)c(Cl)c1O. The Morgan fingerprint density at radius 3 is 2.60 bits per heavy atom. The van der Waals surface area contributed by atoms with Gasteiger partial charge in [0.15, 0.2) is 11.6 Å². The van der Waals surface area contributed by atoms with Crippen molar-refractivity contribution in [2.24, 2.45) is 0 Å². The maximum Gasteiger partial charge on any atom is 0.178 e. The second-order valence-electron chi connectivity index (χ2n) is 1.65. The van der Waals surface area contributed by atoms with Crippen LogP contribution in [0.3, 0.4) is 0 Å². The lowest BCUT2D eigenvalue weighted by Gasteiger charge is -1.99. The van der Waals surface area contributed by atoms with E-state index in [0.29, 0.717) is 0 Å². The zero-order valence-corrected chi connectivity index (χ0v) is 6.32. The lowest BCUT2D eigenvalue weighted by molar-refractivity contribution is 0.476. The number of nitrogen functional groups attached to an aromatic ring is 1. The summed E-state index contributed by atoms with van der Waals surface area (Å²) in [6.07, 6.45) is 1.28. The quantitative estimate of drug-likeness (QED) is 0.636. The van der Waals surface area contributed by atoms with Crippen LogP contribution in [0.1, 0.15) is 0 Å². The van der Waals surface area contributed by atoms with Crippen LogP contribution >= 0.6 is 23.2 Å². The molecule has 0 aliphatic rings. The maximum atomic E-state index is 8.98. The fourth-order valence-electron chi connectivity index (χ4n) is 0.470. The van der Waals surface area contributed by atoms with Crippen LogP contribution in [0.25, 0.3) is 0 Å². The van der Waals surface area contributed by atoms with Crippen molar-refractivity contribution < 1.29 is 5.11 Å². The van der Waals surface area contributed by atoms with E-state index in [1.54, 1.807) is 0 Å². The first-order valence-corrected chi connectivity index (χ1v) is 3.17. The molecule has 0 aromatic carbocycles. The molecule has 0 aliphatic carbocycles. The summed E-state index contributed by atoms with van der Waals surface area (Å²) < 4.78 is 0. The first-order valence-electron chi connectivity index (χ1n) is 2.41. The van der Waals surface area contributed by atoms with Crippen LogP contribution in [-0.4, -0.2) is 10.1 Å². The molecule has 0 unspecified atom stereocenters. The number of hydrogen-bond acceptors (Lipinski definition) is 3. The number of hydrogen-bond donors (Lipinski definition) is 2. The molecule has 0 amide bonds. The minimum Gasteiger partial charge on any atom is -0.503 e. The van der Waals surface area contributed by atoms with E-state index in [1.165, 1.54) is 6.20 Å². The van der Waals surface area contributed by atoms with Crippen molar-refractivity contribution in [3.63, 3.8) is 0 Å². The molecule has 0 aliphatic heterocycles. The van der Waals surface area contributed by atoms with Gasteiger partial charge >= 0.3 is 0 Å². The second-order valence-corrected chi connectivity index (χ2v) is 2.44. The first kappa shape index (κ1) is 7.44. The fourth-order valence-corrected chi connectivity index (χ4v) is 0.753. The van der Waals surface area contributed by atoms with Crippen molar-refractivity contribution in [3.8, 4) is 5.75 Å². The number of nitrogens with zero attached hydrogens (tertiary/aromatic N) is 1. The summed E-state index contributed by atoms with van der Waals surface area (Å²) in [5.41, 5.74) is 5.19. The van der Waals surface area contributed by atoms with Gasteiger partial charge in [-0.05, 0) is 0 Å². The number of nitrogens with two attached hydrogens (primary N) is 1. The lowest BCUT2D eigenvalue weighted by atomic mass is 10.4. The van der Waals surface area contributed by atoms with Crippen LogP contribution in [0, 0.1) is 0 Å². The average Bonchev–Trinajstić information content (AvgIpc) is 1.93. The second kappa shape index (κ2) is 2.52. The molecule has 5 heteroatoms. The van der Waals surface area contributed by atoms with E-state index in [2.05, 4.69) is 4.98 Å². The molecule has 0 spiro atoms. The third kappa shape index (κ3) is 1.10. The molecular weight excluding hydrogens is 175 g/mol. The number of aromatic hydroxyl groups is 1. The standard InChI is InChI=1S/C5H4Cl2N2O/c6-2-1-9-5(8)4(10)3(2)7/h1,10H,(H2,8,9). The first-order chi connectivity index (χ1) is 4.63. The zero-order valence-electron chi connectivity index (χ0n) is 4.81. The average molecular weight is 179 g/mol. The highest BCUT2D eigenvalue weighted by Gasteiger charge is 2.06. The van der Waals surface area contributed by atoms with Crippen LogP contribution in [0.4, 0.5) is 5.82 Å². The van der Waals surface area contributed by atoms with E-state index in [-0.39, 0.29) is 21.6 Å². The summed E-state index contributed by atoms with van der Waals surface area (Å²) in [4.78, 5) is 3.55. The molecule has 0 bridgehead atoms. The molecule has 1 aromatic heterocycles. The van der Waals surface area contributed by atoms with E-state index >= 15 is 0 Å². The number of anilines is 1. The highest BCUT2D eigenvalue weighted by Crippen LogP contribution is 2.33. The fraction of sp³-hybridized carbons (Fsp3) is 0. The third-order valence-corrected chi connectivity index (χ3v) is 1.74. The molecule has 0 saturated carbocycles. The minimum absolute atomic E-state index is 0.0191. The Morgan fingerprint density at radius 1 is 1.50 bits per heavy atom. The molecule has 3 nitrogen and oxygen atoms in total. The number of halogens is 2. The van der Waals surface area contributed by atoms with Crippen molar-refractivity contribution >= 4 is 29.0 Å². The predicted molar refractivity (Wildman–Crippen MR) is 40.3 cm³/mol. The summed E-state index contributed by atoms with van der Waals surface area (Å²) >= 11 is 11.0. The summed E-state index contributed by atoms with van der Waals surface area (Å²) in [5.74, 6) is -0.288. The number of aromatic nitrogens is 1. The Balaban J connectivity index is 3.34. The molecule has 0 atom stereocenters. The Bertz CT molecular complexity index is 237. The molecule has 0 saturated heterocycles. The van der Waals surface area contributed by atoms with Crippen LogP contribution in [0.2, 0.25) is 10.0 Å². The van der Waals surface area contributed by atoms with Gasteiger partial charge in [-0.15, -0.1) is 0 Å². The van der Waals surface area contributed by atoms with Crippen LogP contribution in [0.5, 0.6) is 5.75 Å². The number of pyridine rings is 1. The molecule has 1 heterocycles. The largest absolute Gasteiger partial charge is 0.503 e. The smallest absolute Gasteiger partial charge is 0.178 e. The molecule has 3 N–H and O–H groups in total. The van der Waals surface area contributed by atoms with Gasteiger partial charge in [-0.25, -0.2) is 4.98 Å². The van der Waals surface area contributed by atoms with Gasteiger partial charge in [0.2, 0.25) is 0 Å². The maximum absolute atomic E-state index is 8.98. The highest BCUT2D eigenvalue weighted by molar-refractivity contribution is 6.43. The Labute approximate surface area is 67.4 Å². The van der Waals surface area contributed by atoms with Crippen LogP contribution in [0.15, 0.2) is 6.20 Å². The van der Waals surface area contributed by atoms with E-state index in [1.807, 2.05) is 0 Å². The Kier molecular flexibility index (Phi) is 1.87. The summed E-state index contributed by atoms with van der Waals surface area (Å²) in [7, 11) is 0. The van der Waals surface area contributed by atoms with Gasteiger partial charge in [-0.2, -0.15) is 0 Å². The van der Waals surface area contributed by atoms with Gasteiger partial charge < -0.3 is 10.8 Å². The molecule has 0 fully saturated rings. The summed E-state index contributed by atoms with van der Waals surface area (Å²) in [6, 6.07) is 0. The minimum atomic E-state index is -0.269. The van der Waals surface area contributed by atoms with E-state index in [0.717, 1.165) is 0 Å². The zero-order chi connectivity index (χ0) is 7.72. The Morgan fingerprint density at radius 2 is 2.10 bits per heavy atom. The van der Waals surface area contributed by atoms with E-state index in [9.17, 15) is 0 Å². The van der Waals surface area contributed by atoms with E-state index < -0.39 is 0 Å². The normalized spacial score (nSPS) is 9.80. The van der Waals surface area contributed by atoms with Gasteiger partial charge in [0.05, 0.1) is 5.02 Å². The van der Waals surface area contributed by atoms with Gasteiger partial charge in [-0.3, -0.25) is 0 Å².